The van der Waals surface area contributed by atoms with E-state index in [0.717, 1.165) is 6.42 Å². The van der Waals surface area contributed by atoms with Crippen LogP contribution in [0.1, 0.15) is 73.6 Å². The van der Waals surface area contributed by atoms with Crippen LogP contribution in [-0.4, -0.2) is 79.1 Å². The number of carbonyl (C=O) groups excluding carboxylic acids is 3. The van der Waals surface area contributed by atoms with Gasteiger partial charge in [0.15, 0.2) is 0 Å². The molecule has 0 aromatic heterocycles. The van der Waals surface area contributed by atoms with Gasteiger partial charge in [-0.15, -0.1) is 0 Å². The Hall–Kier alpha value is -2.51. The van der Waals surface area contributed by atoms with Crippen molar-refractivity contribution in [2.24, 2.45) is 0 Å². The molecular weight excluding hydrogens is 521 g/mol. The molecule has 0 atom stereocenters. The van der Waals surface area contributed by atoms with Crippen molar-refractivity contribution >= 4 is 28.1 Å². The Morgan fingerprint density at radius 3 is 1.78 bits per heavy atom. The van der Waals surface area contributed by atoms with E-state index >= 15 is 0 Å². The van der Waals surface area contributed by atoms with Gasteiger partial charge in [-0.05, 0) is 60.5 Å². The van der Waals surface area contributed by atoms with Gasteiger partial charge in [0.2, 0.25) is 0 Å². The second-order valence-electron chi connectivity index (χ2n) is 10.5. The molecule has 1 fully saturated rings. The molecule has 0 aromatic rings. The molecule has 1 saturated heterocycles. The molecule has 2 amide bonds. The van der Waals surface area contributed by atoms with E-state index in [1.54, 1.807) is 25.7 Å². The quantitative estimate of drug-likeness (QED) is 0.352. The summed E-state index contributed by atoms with van der Waals surface area (Å²) in [4.78, 5) is 37.6. The van der Waals surface area contributed by atoms with Gasteiger partial charge >= 0.3 is 27.8 Å². The van der Waals surface area contributed by atoms with Crippen molar-refractivity contribution in [1.82, 2.24) is 9.80 Å². The number of ketones is 1. The molecule has 10 nitrogen and oxygen atoms in total. The van der Waals surface area contributed by atoms with E-state index in [4.69, 9.17) is 9.47 Å². The van der Waals surface area contributed by atoms with Gasteiger partial charge in [-0.25, -0.2) is 9.59 Å². The number of rotatable bonds is 2. The number of hydrogen-bond acceptors (Lipinski definition) is 8. The highest BCUT2D eigenvalue weighted by Crippen LogP contribution is 2.28. The zero-order valence-electron chi connectivity index (χ0n) is 22.1. The van der Waals surface area contributed by atoms with E-state index in [1.165, 1.54) is 11.0 Å². The fourth-order valence-corrected chi connectivity index (χ4v) is 3.61. The zero-order valence-corrected chi connectivity index (χ0v) is 23.0. The lowest BCUT2D eigenvalue weighted by Crippen LogP contribution is -2.37. The van der Waals surface area contributed by atoms with Crippen molar-refractivity contribution in [3.63, 3.8) is 0 Å². The number of Topliss-reactive ketones (excluding diaryl/α,β-unsaturated/α-hetero) is 1. The van der Waals surface area contributed by atoms with E-state index in [-0.39, 0.29) is 43.6 Å². The van der Waals surface area contributed by atoms with E-state index in [2.05, 4.69) is 4.18 Å². The first-order valence-electron chi connectivity index (χ1n) is 11.9. The van der Waals surface area contributed by atoms with Crippen LogP contribution < -0.4 is 0 Å². The number of ether oxygens (including phenoxy) is 2. The Balaban J connectivity index is 0.000000397. The van der Waals surface area contributed by atoms with Crippen LogP contribution in [0.5, 0.6) is 0 Å². The summed E-state index contributed by atoms with van der Waals surface area (Å²) in [5.74, 6) is -0.0931. The van der Waals surface area contributed by atoms with E-state index in [0.29, 0.717) is 25.9 Å². The SMILES string of the molecule is CC(C)(C)OC(=O)N1CCC=C(OS(=O)(=O)C(F)(F)F)CC1.CC(C)(C)OC(=O)N1CCCC(=O)CC1. The maximum atomic E-state index is 12.3. The number of nitrogens with zero attached hydrogens (tertiary/aromatic N) is 2. The van der Waals surface area contributed by atoms with Crippen molar-refractivity contribution < 1.29 is 49.6 Å². The molecule has 14 heteroatoms. The number of amides is 2. The smallest absolute Gasteiger partial charge is 0.444 e. The van der Waals surface area contributed by atoms with E-state index in [9.17, 15) is 36.0 Å². The molecule has 214 valence electrons. The van der Waals surface area contributed by atoms with E-state index < -0.39 is 32.9 Å². The van der Waals surface area contributed by atoms with Gasteiger partial charge in [-0.1, -0.05) is 0 Å². The maximum absolute atomic E-state index is 12.3. The lowest BCUT2D eigenvalue weighted by molar-refractivity contribution is -0.118. The van der Waals surface area contributed by atoms with Gasteiger partial charge in [0.25, 0.3) is 0 Å². The molecule has 2 rings (SSSR count). The normalized spacial score (nSPS) is 18.0. The highest BCUT2D eigenvalue weighted by Gasteiger charge is 2.48. The average Bonchev–Trinajstić information content (AvgIpc) is 3.05. The summed E-state index contributed by atoms with van der Waals surface area (Å²) in [5.41, 5.74) is -6.64. The van der Waals surface area contributed by atoms with Gasteiger partial charge in [0.1, 0.15) is 22.7 Å². The number of halogens is 3. The molecule has 0 spiro atoms. The predicted octanol–water partition coefficient (Wildman–Crippen LogP) is 4.74. The molecule has 0 bridgehead atoms. The molecule has 0 unspecified atom stereocenters. The lowest BCUT2D eigenvalue weighted by atomic mass is 10.2. The van der Waals surface area contributed by atoms with Crippen LogP contribution in [0.25, 0.3) is 0 Å². The Morgan fingerprint density at radius 2 is 1.30 bits per heavy atom. The van der Waals surface area contributed by atoms with E-state index in [1.807, 2.05) is 20.8 Å². The molecular formula is C23H37F3N2O8S. The van der Waals surface area contributed by atoms with Crippen molar-refractivity contribution in [2.75, 3.05) is 26.2 Å². The van der Waals surface area contributed by atoms with Crippen molar-refractivity contribution in [1.29, 1.82) is 0 Å². The molecule has 0 aliphatic carbocycles. The predicted molar refractivity (Wildman–Crippen MR) is 128 cm³/mol. The summed E-state index contributed by atoms with van der Waals surface area (Å²) >= 11 is 0. The Bertz CT molecular complexity index is 951. The van der Waals surface area contributed by atoms with Crippen molar-refractivity contribution in [2.45, 2.75) is 90.4 Å². The number of hydrogen-bond donors (Lipinski definition) is 0. The summed E-state index contributed by atoms with van der Waals surface area (Å²) < 4.78 is 73.1. The monoisotopic (exact) mass is 558 g/mol. The summed E-state index contributed by atoms with van der Waals surface area (Å²) in [6, 6.07) is 0. The molecule has 2 heterocycles. The zero-order chi connectivity index (χ0) is 28.7. The number of alkyl halides is 3. The summed E-state index contributed by atoms with van der Waals surface area (Å²) in [6.45, 7) is 11.9. The van der Waals surface area contributed by atoms with Crippen molar-refractivity contribution in [3.8, 4) is 0 Å². The van der Waals surface area contributed by atoms with Crippen LogP contribution in [0.3, 0.4) is 0 Å². The van der Waals surface area contributed by atoms with Crippen LogP contribution in [0.4, 0.5) is 22.8 Å². The Kier molecular flexibility index (Phi) is 11.3. The van der Waals surface area contributed by atoms with Gasteiger partial charge in [-0.3, -0.25) is 4.79 Å². The maximum Gasteiger partial charge on any atom is 0.534 e. The van der Waals surface area contributed by atoms with Crippen LogP contribution in [0.2, 0.25) is 0 Å². The van der Waals surface area contributed by atoms with Gasteiger partial charge in [0, 0.05) is 45.4 Å². The summed E-state index contributed by atoms with van der Waals surface area (Å²) in [6.07, 6.45) is 2.12. The molecule has 2 aliphatic heterocycles. The third-order valence-corrected chi connectivity index (χ3v) is 5.75. The summed E-state index contributed by atoms with van der Waals surface area (Å²) in [7, 11) is -5.68. The summed E-state index contributed by atoms with van der Waals surface area (Å²) in [5, 5.41) is 0. The number of likely N-dealkylation sites (tertiary alicyclic amines) is 1. The molecule has 2 aliphatic rings. The number of carbonyl (C=O) groups is 3. The minimum Gasteiger partial charge on any atom is -0.444 e. The van der Waals surface area contributed by atoms with Crippen LogP contribution in [0, 0.1) is 0 Å². The second-order valence-corrected chi connectivity index (χ2v) is 12.1. The van der Waals surface area contributed by atoms with Gasteiger partial charge < -0.3 is 23.5 Å². The van der Waals surface area contributed by atoms with Crippen LogP contribution in [-0.2, 0) is 28.6 Å². The Labute approximate surface area is 216 Å². The second kappa shape index (κ2) is 12.8. The molecule has 0 aromatic carbocycles. The largest absolute Gasteiger partial charge is 0.534 e. The Morgan fingerprint density at radius 1 is 0.811 bits per heavy atom. The first kappa shape index (κ1) is 32.5. The third-order valence-electron chi connectivity index (χ3n) is 4.75. The standard InChI is InChI=1S/C12H18F3NO5S.C11H19NO3/c1-11(2,3)20-10(17)16-7-4-5-9(6-8-16)21-22(18,19)12(13,14)15;1-11(2,3)15-10(14)12-7-4-5-9(13)6-8-12/h5H,4,6-8H2,1-3H3;4-8H2,1-3H3. The first-order valence-corrected chi connectivity index (χ1v) is 13.3. The molecule has 0 saturated carbocycles. The topological polar surface area (TPSA) is 120 Å². The van der Waals surface area contributed by atoms with Gasteiger partial charge in [-0.2, -0.15) is 21.6 Å². The average molecular weight is 559 g/mol. The highest BCUT2D eigenvalue weighted by molar-refractivity contribution is 7.87. The molecule has 0 radical (unpaired) electrons. The third kappa shape index (κ3) is 12.5. The van der Waals surface area contributed by atoms with Gasteiger partial charge in [0.05, 0.1) is 0 Å². The minimum atomic E-state index is -5.68. The molecule has 0 N–H and O–H groups in total. The van der Waals surface area contributed by atoms with Crippen LogP contribution in [0.15, 0.2) is 11.8 Å². The van der Waals surface area contributed by atoms with Crippen LogP contribution >= 0.6 is 0 Å². The lowest BCUT2D eigenvalue weighted by Gasteiger charge is -2.26. The first-order chi connectivity index (χ1) is 16.7. The highest BCUT2D eigenvalue weighted by atomic mass is 32.2. The van der Waals surface area contributed by atoms with Crippen molar-refractivity contribution in [3.05, 3.63) is 11.8 Å². The fraction of sp³-hybridized carbons (Fsp3) is 0.783. The molecule has 37 heavy (non-hydrogen) atoms. The minimum absolute atomic E-state index is 0.00806. The fourth-order valence-electron chi connectivity index (χ4n) is 3.09.